The third kappa shape index (κ3) is 5.97. The van der Waals surface area contributed by atoms with Crippen molar-refractivity contribution in [2.24, 2.45) is 0 Å². The van der Waals surface area contributed by atoms with E-state index in [1.807, 2.05) is 39.0 Å². The van der Waals surface area contributed by atoms with Crippen molar-refractivity contribution in [3.8, 4) is 0 Å². The van der Waals surface area contributed by atoms with Crippen molar-refractivity contribution >= 4 is 38.9 Å². The standard InChI is InChI=1S/C20H25ClN2O3S/c1-14-7-8-15(2)18(12-14)22-20(24)6-5-11-23(27(4,25)26)19-13-17(21)10-9-16(19)3/h7-10,12-13H,5-6,11H2,1-4H3,(H,22,24). The molecule has 1 amide bonds. The van der Waals surface area contributed by atoms with E-state index < -0.39 is 10.0 Å². The number of rotatable bonds is 7. The minimum Gasteiger partial charge on any atom is -0.326 e. The molecule has 27 heavy (non-hydrogen) atoms. The quantitative estimate of drug-likeness (QED) is 0.735. The number of nitrogens with one attached hydrogen (secondary N) is 1. The summed E-state index contributed by atoms with van der Waals surface area (Å²) in [6.45, 7) is 5.94. The molecule has 2 aromatic rings. The van der Waals surface area contributed by atoms with Crippen LogP contribution in [0.1, 0.15) is 29.5 Å². The predicted octanol–water partition coefficient (Wildman–Crippen LogP) is 4.45. The molecule has 2 aromatic carbocycles. The molecule has 5 nitrogen and oxygen atoms in total. The van der Waals surface area contributed by atoms with Gasteiger partial charge >= 0.3 is 0 Å². The summed E-state index contributed by atoms with van der Waals surface area (Å²) < 4.78 is 25.8. The Bertz CT molecular complexity index is 942. The zero-order chi connectivity index (χ0) is 20.2. The van der Waals surface area contributed by atoms with Gasteiger partial charge in [-0.3, -0.25) is 9.10 Å². The Morgan fingerprint density at radius 2 is 1.74 bits per heavy atom. The van der Waals surface area contributed by atoms with Crippen LogP contribution in [0.5, 0.6) is 0 Å². The summed E-state index contributed by atoms with van der Waals surface area (Å²) in [5, 5.41) is 3.37. The van der Waals surface area contributed by atoms with Crippen molar-refractivity contribution < 1.29 is 13.2 Å². The first kappa shape index (κ1) is 21.3. The topological polar surface area (TPSA) is 66.5 Å². The van der Waals surface area contributed by atoms with Crippen LogP contribution in [-0.4, -0.2) is 27.1 Å². The summed E-state index contributed by atoms with van der Waals surface area (Å²) in [7, 11) is -3.48. The summed E-state index contributed by atoms with van der Waals surface area (Å²) in [6.07, 6.45) is 1.78. The molecule has 1 N–H and O–H groups in total. The lowest BCUT2D eigenvalue weighted by Gasteiger charge is -2.24. The minimum atomic E-state index is -3.48. The maximum Gasteiger partial charge on any atom is 0.232 e. The lowest BCUT2D eigenvalue weighted by Crippen LogP contribution is -2.32. The molecule has 146 valence electrons. The molecular weight excluding hydrogens is 384 g/mol. The molecule has 0 atom stereocenters. The van der Waals surface area contributed by atoms with E-state index in [9.17, 15) is 13.2 Å². The molecule has 0 radical (unpaired) electrons. The van der Waals surface area contributed by atoms with Crippen LogP contribution >= 0.6 is 11.6 Å². The molecule has 2 rings (SSSR count). The maximum absolute atomic E-state index is 12.3. The number of aryl methyl sites for hydroxylation is 3. The van der Waals surface area contributed by atoms with E-state index in [0.29, 0.717) is 17.1 Å². The Kier molecular flexibility index (Phi) is 6.89. The highest BCUT2D eigenvalue weighted by Crippen LogP contribution is 2.26. The molecule has 0 saturated carbocycles. The van der Waals surface area contributed by atoms with Crippen LogP contribution in [0.15, 0.2) is 36.4 Å². The Morgan fingerprint density at radius 1 is 1.07 bits per heavy atom. The Labute approximate surface area is 166 Å². The van der Waals surface area contributed by atoms with E-state index in [2.05, 4.69) is 5.32 Å². The third-order valence-corrected chi connectivity index (χ3v) is 5.69. The number of carbonyl (C=O) groups is 1. The monoisotopic (exact) mass is 408 g/mol. The summed E-state index contributed by atoms with van der Waals surface area (Å²) in [5.41, 5.74) is 4.19. The van der Waals surface area contributed by atoms with E-state index in [1.165, 1.54) is 4.31 Å². The van der Waals surface area contributed by atoms with Crippen molar-refractivity contribution in [2.75, 3.05) is 22.4 Å². The number of nitrogens with zero attached hydrogens (tertiary/aromatic N) is 1. The number of halogens is 1. The highest BCUT2D eigenvalue weighted by Gasteiger charge is 2.20. The van der Waals surface area contributed by atoms with E-state index in [1.54, 1.807) is 18.2 Å². The molecular formula is C20H25ClN2O3S. The second-order valence-corrected chi connectivity index (χ2v) is 9.08. The van der Waals surface area contributed by atoms with Gasteiger partial charge in [-0.15, -0.1) is 0 Å². The van der Waals surface area contributed by atoms with Gasteiger partial charge in [0, 0.05) is 23.7 Å². The highest BCUT2D eigenvalue weighted by atomic mass is 35.5. The number of hydrogen-bond acceptors (Lipinski definition) is 3. The molecule has 0 aliphatic carbocycles. The highest BCUT2D eigenvalue weighted by molar-refractivity contribution is 7.92. The van der Waals surface area contributed by atoms with Gasteiger partial charge in [0.1, 0.15) is 0 Å². The number of amides is 1. The van der Waals surface area contributed by atoms with Crippen LogP contribution in [0.25, 0.3) is 0 Å². The zero-order valence-corrected chi connectivity index (χ0v) is 17.6. The number of sulfonamides is 1. The lowest BCUT2D eigenvalue weighted by molar-refractivity contribution is -0.116. The molecule has 0 bridgehead atoms. The van der Waals surface area contributed by atoms with E-state index in [0.717, 1.165) is 28.6 Å². The number of carbonyl (C=O) groups excluding carboxylic acids is 1. The van der Waals surface area contributed by atoms with Gasteiger partial charge in [-0.25, -0.2) is 8.42 Å². The van der Waals surface area contributed by atoms with Gasteiger partial charge in [-0.2, -0.15) is 0 Å². The molecule has 0 spiro atoms. The average Bonchev–Trinajstić information content (AvgIpc) is 2.56. The van der Waals surface area contributed by atoms with Crippen LogP contribution in [-0.2, 0) is 14.8 Å². The van der Waals surface area contributed by atoms with Crippen LogP contribution in [0.3, 0.4) is 0 Å². The number of benzene rings is 2. The largest absolute Gasteiger partial charge is 0.326 e. The summed E-state index contributed by atoms with van der Waals surface area (Å²) in [5.74, 6) is -0.139. The van der Waals surface area contributed by atoms with Gasteiger partial charge in [0.2, 0.25) is 15.9 Å². The van der Waals surface area contributed by atoms with Crippen LogP contribution < -0.4 is 9.62 Å². The molecule has 0 aliphatic rings. The van der Waals surface area contributed by atoms with Crippen molar-refractivity contribution in [1.29, 1.82) is 0 Å². The van der Waals surface area contributed by atoms with E-state index >= 15 is 0 Å². The Balaban J connectivity index is 2.05. The lowest BCUT2D eigenvalue weighted by atomic mass is 10.1. The van der Waals surface area contributed by atoms with Gasteiger partial charge in [-0.1, -0.05) is 29.8 Å². The van der Waals surface area contributed by atoms with Crippen molar-refractivity contribution in [3.05, 3.63) is 58.1 Å². The first-order chi connectivity index (χ1) is 12.6. The third-order valence-electron chi connectivity index (χ3n) is 4.27. The van der Waals surface area contributed by atoms with Gasteiger partial charge in [0.05, 0.1) is 11.9 Å². The van der Waals surface area contributed by atoms with Gasteiger partial charge in [0.25, 0.3) is 0 Å². The zero-order valence-electron chi connectivity index (χ0n) is 16.0. The number of hydrogen-bond donors (Lipinski definition) is 1. The fourth-order valence-corrected chi connectivity index (χ4v) is 3.96. The number of anilines is 2. The molecule has 0 unspecified atom stereocenters. The van der Waals surface area contributed by atoms with E-state index in [-0.39, 0.29) is 18.9 Å². The van der Waals surface area contributed by atoms with Gasteiger partial charge < -0.3 is 5.32 Å². The fourth-order valence-electron chi connectivity index (χ4n) is 2.78. The van der Waals surface area contributed by atoms with Crippen LogP contribution in [0.2, 0.25) is 5.02 Å². The first-order valence-electron chi connectivity index (χ1n) is 8.69. The van der Waals surface area contributed by atoms with Crippen molar-refractivity contribution in [2.45, 2.75) is 33.6 Å². The van der Waals surface area contributed by atoms with Gasteiger partial charge in [0.15, 0.2) is 0 Å². The van der Waals surface area contributed by atoms with Crippen molar-refractivity contribution in [3.63, 3.8) is 0 Å². The summed E-state index contributed by atoms with van der Waals surface area (Å²) in [6, 6.07) is 11.0. The minimum absolute atomic E-state index is 0.139. The van der Waals surface area contributed by atoms with E-state index in [4.69, 9.17) is 11.6 Å². The summed E-state index contributed by atoms with van der Waals surface area (Å²) in [4.78, 5) is 12.3. The second-order valence-electron chi connectivity index (χ2n) is 6.74. The normalized spacial score (nSPS) is 11.3. The molecule has 0 heterocycles. The van der Waals surface area contributed by atoms with Crippen LogP contribution in [0, 0.1) is 20.8 Å². The maximum atomic E-state index is 12.3. The predicted molar refractivity (Wildman–Crippen MR) is 112 cm³/mol. The SMILES string of the molecule is Cc1ccc(C)c(NC(=O)CCCN(c2cc(Cl)ccc2C)S(C)(=O)=O)c1. The Hall–Kier alpha value is -2.05. The Morgan fingerprint density at radius 3 is 2.41 bits per heavy atom. The first-order valence-corrected chi connectivity index (χ1v) is 10.9. The molecule has 7 heteroatoms. The molecule has 0 aromatic heterocycles. The van der Waals surface area contributed by atoms with Gasteiger partial charge in [-0.05, 0) is 62.1 Å². The molecule has 0 fully saturated rings. The average molecular weight is 409 g/mol. The second kappa shape index (κ2) is 8.76. The van der Waals surface area contributed by atoms with Crippen LogP contribution in [0.4, 0.5) is 11.4 Å². The smallest absolute Gasteiger partial charge is 0.232 e. The molecule has 0 saturated heterocycles. The molecule has 0 aliphatic heterocycles. The summed E-state index contributed by atoms with van der Waals surface area (Å²) >= 11 is 6.03. The fraction of sp³-hybridized carbons (Fsp3) is 0.350. The van der Waals surface area contributed by atoms with Crippen molar-refractivity contribution in [1.82, 2.24) is 0 Å².